The van der Waals surface area contributed by atoms with Crippen molar-refractivity contribution in [2.45, 2.75) is 13.0 Å². The van der Waals surface area contributed by atoms with Crippen LogP contribution in [0.3, 0.4) is 0 Å². The molecule has 0 spiro atoms. The maximum Gasteiger partial charge on any atom is 0.105 e. The van der Waals surface area contributed by atoms with Crippen molar-refractivity contribution in [1.29, 1.82) is 0 Å². The highest BCUT2D eigenvalue weighted by Crippen LogP contribution is 2.13. The molecule has 0 heterocycles. The van der Waals surface area contributed by atoms with Crippen molar-refractivity contribution in [1.82, 2.24) is 0 Å². The zero-order valence-electron chi connectivity index (χ0n) is 9.64. The molecule has 1 aromatic carbocycles. The molecule has 1 unspecified atom stereocenters. The Kier molecular flexibility index (Phi) is 5.61. The second-order valence-electron chi connectivity index (χ2n) is 3.45. The molecule has 0 aromatic heterocycles. The van der Waals surface area contributed by atoms with Crippen LogP contribution in [0.2, 0.25) is 0 Å². The number of aryl methyl sites for hydroxylation is 1. The summed E-state index contributed by atoms with van der Waals surface area (Å²) in [6.07, 6.45) is 2.19. The van der Waals surface area contributed by atoms with Crippen LogP contribution in [0, 0.1) is 6.92 Å². The summed E-state index contributed by atoms with van der Waals surface area (Å²) in [6, 6.07) is 7.61. The number of aliphatic hydroxyl groups is 2. The molecule has 2 heteroatoms. The number of hydrogen-bond acceptors (Lipinski definition) is 2. The summed E-state index contributed by atoms with van der Waals surface area (Å²) in [4.78, 5) is 0. The largest absolute Gasteiger partial charge is 0.392 e. The standard InChI is InChI=1S/C15H14O2/c1-13-8-10-14(11-9-13)15(17)7-5-3-2-4-6-12-16/h6-11,15-17H,12H2,1H3. The summed E-state index contributed by atoms with van der Waals surface area (Å²) in [5.41, 5.74) is 12.3. The van der Waals surface area contributed by atoms with E-state index in [2.05, 4.69) is 22.9 Å². The first kappa shape index (κ1) is 13.1. The summed E-state index contributed by atoms with van der Waals surface area (Å²) in [7, 11) is 0. The van der Waals surface area contributed by atoms with Gasteiger partial charge in [-0.05, 0) is 36.1 Å². The Morgan fingerprint density at radius 2 is 1.82 bits per heavy atom. The lowest BCUT2D eigenvalue weighted by Crippen LogP contribution is -1.91. The lowest BCUT2D eigenvalue weighted by Gasteiger charge is -2.03. The van der Waals surface area contributed by atoms with Crippen LogP contribution >= 0.6 is 0 Å². The van der Waals surface area contributed by atoms with Gasteiger partial charge >= 0.3 is 0 Å². The van der Waals surface area contributed by atoms with Crippen LogP contribution in [0.15, 0.2) is 59.3 Å². The van der Waals surface area contributed by atoms with Crippen LogP contribution in [0.5, 0.6) is 0 Å². The Morgan fingerprint density at radius 1 is 1.18 bits per heavy atom. The minimum absolute atomic E-state index is 0.0790. The quantitative estimate of drug-likeness (QED) is 0.776. The van der Waals surface area contributed by atoms with E-state index in [4.69, 9.17) is 5.11 Å². The van der Waals surface area contributed by atoms with Gasteiger partial charge in [-0.3, -0.25) is 0 Å². The zero-order valence-corrected chi connectivity index (χ0v) is 9.64. The first-order chi connectivity index (χ1) is 8.24. The number of rotatable bonds is 3. The molecule has 0 bridgehead atoms. The maximum absolute atomic E-state index is 9.76. The molecule has 2 nitrogen and oxygen atoms in total. The summed E-state index contributed by atoms with van der Waals surface area (Å²) in [5, 5.41) is 18.2. The summed E-state index contributed by atoms with van der Waals surface area (Å²) in [5.74, 6) is 0. The van der Waals surface area contributed by atoms with Gasteiger partial charge in [0, 0.05) is 0 Å². The van der Waals surface area contributed by atoms with Gasteiger partial charge in [0.2, 0.25) is 0 Å². The van der Waals surface area contributed by atoms with Crippen LogP contribution in [0.25, 0.3) is 0 Å². The lowest BCUT2D eigenvalue weighted by molar-refractivity contribution is 0.229. The SMILES string of the molecule is Cc1ccc(C(O)C=C=C=C=C=CCO)cc1. The molecule has 0 saturated heterocycles. The topological polar surface area (TPSA) is 40.5 Å². The molecule has 17 heavy (non-hydrogen) atoms. The predicted octanol–water partition coefficient (Wildman–Crippen LogP) is 2.20. The molecule has 2 N–H and O–H groups in total. The van der Waals surface area contributed by atoms with Gasteiger partial charge in [-0.1, -0.05) is 41.3 Å². The van der Waals surface area contributed by atoms with Gasteiger partial charge in [0.25, 0.3) is 0 Å². The number of aliphatic hydroxyl groups excluding tert-OH is 2. The van der Waals surface area contributed by atoms with E-state index in [0.717, 1.165) is 11.1 Å². The fourth-order valence-corrected chi connectivity index (χ4v) is 1.15. The van der Waals surface area contributed by atoms with Crippen molar-refractivity contribution >= 4 is 0 Å². The minimum atomic E-state index is -0.702. The molecule has 86 valence electrons. The molecular weight excluding hydrogens is 212 g/mol. The van der Waals surface area contributed by atoms with Crippen LogP contribution in [0.1, 0.15) is 17.2 Å². The van der Waals surface area contributed by atoms with Crippen molar-refractivity contribution in [2.24, 2.45) is 0 Å². The molecule has 0 aliphatic heterocycles. The molecule has 0 aliphatic rings. The van der Waals surface area contributed by atoms with E-state index in [9.17, 15) is 5.11 Å². The second-order valence-corrected chi connectivity index (χ2v) is 3.45. The number of hydrogen-bond donors (Lipinski definition) is 2. The Morgan fingerprint density at radius 3 is 2.47 bits per heavy atom. The molecule has 0 amide bonds. The van der Waals surface area contributed by atoms with Gasteiger partial charge in [-0.25, -0.2) is 0 Å². The second kappa shape index (κ2) is 7.30. The van der Waals surface area contributed by atoms with Crippen molar-refractivity contribution in [3.05, 3.63) is 70.5 Å². The Hall–Kier alpha value is -2.00. The normalized spacial score (nSPS) is 10.3. The van der Waals surface area contributed by atoms with Crippen LogP contribution in [-0.4, -0.2) is 16.8 Å². The van der Waals surface area contributed by atoms with E-state index in [1.54, 1.807) is 0 Å². The van der Waals surface area contributed by atoms with Gasteiger partial charge < -0.3 is 10.2 Å². The molecule has 1 atom stereocenters. The van der Waals surface area contributed by atoms with Gasteiger partial charge in [-0.15, -0.1) is 0 Å². The fourth-order valence-electron chi connectivity index (χ4n) is 1.15. The Balaban J connectivity index is 2.82. The maximum atomic E-state index is 9.76. The average Bonchev–Trinajstić information content (AvgIpc) is 2.34. The van der Waals surface area contributed by atoms with Gasteiger partial charge in [0.05, 0.1) is 6.61 Å². The fraction of sp³-hybridized carbons (Fsp3) is 0.200. The van der Waals surface area contributed by atoms with Crippen LogP contribution in [0.4, 0.5) is 0 Å². The molecule has 0 saturated carbocycles. The molecule has 1 aromatic rings. The smallest absolute Gasteiger partial charge is 0.105 e. The van der Waals surface area contributed by atoms with Gasteiger partial charge in [0.1, 0.15) is 6.10 Å². The predicted molar refractivity (Wildman–Crippen MR) is 66.4 cm³/mol. The Bertz CT molecular complexity index is 515. The van der Waals surface area contributed by atoms with Crippen molar-refractivity contribution in [3.63, 3.8) is 0 Å². The highest BCUT2D eigenvalue weighted by atomic mass is 16.3. The molecule has 0 aliphatic carbocycles. The summed E-state index contributed by atoms with van der Waals surface area (Å²) >= 11 is 0. The van der Waals surface area contributed by atoms with E-state index >= 15 is 0 Å². The monoisotopic (exact) mass is 226 g/mol. The van der Waals surface area contributed by atoms with Gasteiger partial charge in [0.15, 0.2) is 0 Å². The van der Waals surface area contributed by atoms with E-state index in [1.807, 2.05) is 31.2 Å². The molecule has 0 fully saturated rings. The van der Waals surface area contributed by atoms with Gasteiger partial charge in [-0.2, -0.15) is 0 Å². The van der Waals surface area contributed by atoms with E-state index in [1.165, 1.54) is 12.2 Å². The highest BCUT2D eigenvalue weighted by molar-refractivity contribution is 5.25. The van der Waals surface area contributed by atoms with Crippen molar-refractivity contribution in [2.75, 3.05) is 6.61 Å². The zero-order chi connectivity index (χ0) is 12.5. The third kappa shape index (κ3) is 5.04. The summed E-state index contributed by atoms with van der Waals surface area (Å²) in [6.45, 7) is 1.91. The lowest BCUT2D eigenvalue weighted by atomic mass is 10.1. The number of benzene rings is 1. The van der Waals surface area contributed by atoms with Crippen LogP contribution in [-0.2, 0) is 0 Å². The third-order valence-electron chi connectivity index (χ3n) is 2.06. The molecular formula is C15H14O2. The Labute approximate surface area is 101 Å². The van der Waals surface area contributed by atoms with Crippen molar-refractivity contribution in [3.8, 4) is 0 Å². The highest BCUT2D eigenvalue weighted by Gasteiger charge is 2.00. The third-order valence-corrected chi connectivity index (χ3v) is 2.06. The first-order valence-electron chi connectivity index (χ1n) is 5.25. The van der Waals surface area contributed by atoms with E-state index in [-0.39, 0.29) is 6.61 Å². The van der Waals surface area contributed by atoms with Crippen molar-refractivity contribution < 1.29 is 10.2 Å². The molecule has 1 rings (SSSR count). The summed E-state index contributed by atoms with van der Waals surface area (Å²) < 4.78 is 0. The molecule has 0 radical (unpaired) electrons. The van der Waals surface area contributed by atoms with E-state index in [0.29, 0.717) is 0 Å². The van der Waals surface area contributed by atoms with E-state index < -0.39 is 6.10 Å². The minimum Gasteiger partial charge on any atom is -0.392 e. The average molecular weight is 226 g/mol. The van der Waals surface area contributed by atoms with Crippen LogP contribution < -0.4 is 0 Å². The first-order valence-corrected chi connectivity index (χ1v) is 5.25.